The van der Waals surface area contributed by atoms with E-state index in [0.29, 0.717) is 22.5 Å². The van der Waals surface area contributed by atoms with Crippen LogP contribution in [0.4, 0.5) is 5.13 Å². The van der Waals surface area contributed by atoms with Crippen molar-refractivity contribution in [1.29, 1.82) is 0 Å². The van der Waals surface area contributed by atoms with E-state index in [0.717, 1.165) is 22.7 Å². The lowest BCUT2D eigenvalue weighted by Crippen LogP contribution is -2.30. The van der Waals surface area contributed by atoms with Crippen LogP contribution in [0, 0.1) is 17.8 Å². The first-order valence-electron chi connectivity index (χ1n) is 8.23. The number of benzene rings is 1. The van der Waals surface area contributed by atoms with Crippen LogP contribution in [0.15, 0.2) is 30.4 Å². The van der Waals surface area contributed by atoms with Crippen LogP contribution in [0.3, 0.4) is 0 Å². The maximum absolute atomic E-state index is 12.4. The van der Waals surface area contributed by atoms with Gasteiger partial charge in [0.15, 0.2) is 5.13 Å². The van der Waals surface area contributed by atoms with Crippen LogP contribution in [-0.2, 0) is 4.79 Å². The molecule has 0 saturated heterocycles. The Morgan fingerprint density at radius 3 is 2.88 bits per heavy atom. The highest BCUT2D eigenvalue weighted by Crippen LogP contribution is 2.42. The molecule has 24 heavy (non-hydrogen) atoms. The lowest BCUT2D eigenvalue weighted by atomic mass is 9.93. The molecule has 0 aliphatic heterocycles. The number of nitrogens with one attached hydrogen (secondary N) is 2. The standard InChI is InChI=1S/C18H19N3O2S/c1-10(22)20-18-21-15-5-4-13(8-16(15)24-18)17(23)19-9-14-7-11-2-3-12(14)6-11/h2-5,8,11-12,14H,6-7,9H2,1H3,(H,19,23)(H,20,21,22)/t11-,12+,14-/m1/s1. The van der Waals surface area contributed by atoms with Crippen molar-refractivity contribution in [2.24, 2.45) is 17.8 Å². The van der Waals surface area contributed by atoms with Gasteiger partial charge in [-0.3, -0.25) is 9.59 Å². The largest absolute Gasteiger partial charge is 0.352 e. The molecule has 0 unspecified atom stereocenters. The van der Waals surface area contributed by atoms with Gasteiger partial charge in [-0.05, 0) is 48.8 Å². The van der Waals surface area contributed by atoms with E-state index in [9.17, 15) is 9.59 Å². The van der Waals surface area contributed by atoms with E-state index >= 15 is 0 Å². The second-order valence-corrected chi connectivity index (χ2v) is 7.66. The number of hydrogen-bond donors (Lipinski definition) is 2. The Hall–Kier alpha value is -2.21. The molecule has 6 heteroatoms. The zero-order chi connectivity index (χ0) is 16.7. The highest BCUT2D eigenvalue weighted by atomic mass is 32.1. The molecule has 124 valence electrons. The second-order valence-electron chi connectivity index (χ2n) is 6.63. The summed E-state index contributed by atoms with van der Waals surface area (Å²) < 4.78 is 0.897. The van der Waals surface area contributed by atoms with Gasteiger partial charge in [0.05, 0.1) is 10.2 Å². The maximum atomic E-state index is 12.4. The van der Waals surface area contributed by atoms with Gasteiger partial charge in [0, 0.05) is 19.0 Å². The second kappa shape index (κ2) is 6.02. The normalized spacial score (nSPS) is 24.5. The first-order chi connectivity index (χ1) is 11.6. The van der Waals surface area contributed by atoms with Crippen LogP contribution in [0.5, 0.6) is 0 Å². The van der Waals surface area contributed by atoms with Gasteiger partial charge >= 0.3 is 0 Å². The van der Waals surface area contributed by atoms with Crippen LogP contribution >= 0.6 is 11.3 Å². The Bertz CT molecular complexity index is 842. The fourth-order valence-corrected chi connectivity index (χ4v) is 4.68. The average molecular weight is 341 g/mol. The Balaban J connectivity index is 1.44. The summed E-state index contributed by atoms with van der Waals surface area (Å²) in [5, 5.41) is 6.31. The van der Waals surface area contributed by atoms with Gasteiger partial charge in [-0.25, -0.2) is 4.98 Å². The van der Waals surface area contributed by atoms with Crippen LogP contribution in [0.2, 0.25) is 0 Å². The number of fused-ring (bicyclic) bond motifs is 3. The molecule has 1 fully saturated rings. The fraction of sp³-hybridized carbons (Fsp3) is 0.389. The molecule has 0 radical (unpaired) electrons. The molecule has 5 nitrogen and oxygen atoms in total. The van der Waals surface area contributed by atoms with E-state index < -0.39 is 0 Å². The highest BCUT2D eigenvalue weighted by molar-refractivity contribution is 7.22. The van der Waals surface area contributed by atoms with Crippen molar-refractivity contribution in [2.45, 2.75) is 19.8 Å². The molecule has 2 N–H and O–H groups in total. The molecule has 4 rings (SSSR count). The first-order valence-corrected chi connectivity index (χ1v) is 9.05. The number of amides is 2. The third-order valence-electron chi connectivity index (χ3n) is 4.87. The summed E-state index contributed by atoms with van der Waals surface area (Å²) in [7, 11) is 0. The van der Waals surface area contributed by atoms with E-state index in [1.807, 2.05) is 12.1 Å². The van der Waals surface area contributed by atoms with E-state index in [4.69, 9.17) is 0 Å². The summed E-state index contributed by atoms with van der Waals surface area (Å²) in [5.74, 6) is 1.74. The summed E-state index contributed by atoms with van der Waals surface area (Å²) in [5.41, 5.74) is 1.43. The molecular formula is C18H19N3O2S. The number of hydrogen-bond acceptors (Lipinski definition) is 4. The number of carbonyl (C=O) groups is 2. The van der Waals surface area contributed by atoms with Crippen LogP contribution in [0.25, 0.3) is 10.2 Å². The maximum Gasteiger partial charge on any atom is 0.251 e. The molecule has 1 aromatic carbocycles. The van der Waals surface area contributed by atoms with Crippen molar-refractivity contribution in [3.63, 3.8) is 0 Å². The number of aromatic nitrogens is 1. The molecule has 2 aliphatic rings. The van der Waals surface area contributed by atoms with Crippen LogP contribution in [0.1, 0.15) is 30.1 Å². The monoisotopic (exact) mass is 341 g/mol. The summed E-state index contributed by atoms with van der Waals surface area (Å²) in [6, 6.07) is 5.45. The average Bonchev–Trinajstić information content (AvgIpc) is 3.25. The number of nitrogens with zero attached hydrogens (tertiary/aromatic N) is 1. The summed E-state index contributed by atoms with van der Waals surface area (Å²) in [6.45, 7) is 2.19. The van der Waals surface area contributed by atoms with Crippen LogP contribution in [-0.4, -0.2) is 23.3 Å². The minimum absolute atomic E-state index is 0.0434. The Kier molecular flexibility index (Phi) is 3.84. The van der Waals surface area contributed by atoms with Gasteiger partial charge in [-0.2, -0.15) is 0 Å². The molecule has 1 saturated carbocycles. The predicted molar refractivity (Wildman–Crippen MR) is 95.1 cm³/mol. The Morgan fingerprint density at radius 1 is 1.29 bits per heavy atom. The number of carbonyl (C=O) groups excluding carboxylic acids is 2. The zero-order valence-electron chi connectivity index (χ0n) is 13.4. The molecular weight excluding hydrogens is 322 g/mol. The number of anilines is 1. The fourth-order valence-electron chi connectivity index (χ4n) is 3.73. The molecule has 1 aromatic heterocycles. The van der Waals surface area contributed by atoms with E-state index in [-0.39, 0.29) is 11.8 Å². The number of rotatable bonds is 4. The predicted octanol–water partition coefficient (Wildman–Crippen LogP) is 3.20. The molecule has 1 heterocycles. The molecule has 2 bridgehead atoms. The summed E-state index contributed by atoms with van der Waals surface area (Å²) >= 11 is 1.38. The topological polar surface area (TPSA) is 71.1 Å². The SMILES string of the molecule is CC(=O)Nc1nc2ccc(C(=O)NC[C@H]3C[C@@H]4C=C[C@H]3C4)cc2s1. The van der Waals surface area contributed by atoms with E-state index in [2.05, 4.69) is 27.8 Å². The molecule has 2 aliphatic carbocycles. The van der Waals surface area contributed by atoms with E-state index in [1.165, 1.54) is 31.1 Å². The molecule has 0 spiro atoms. The first kappa shape index (κ1) is 15.3. The van der Waals surface area contributed by atoms with Crippen molar-refractivity contribution in [3.05, 3.63) is 35.9 Å². The minimum atomic E-state index is -0.146. The summed E-state index contributed by atoms with van der Waals surface area (Å²) in [4.78, 5) is 27.9. The number of allylic oxidation sites excluding steroid dienone is 2. The van der Waals surface area contributed by atoms with Gasteiger partial charge in [-0.1, -0.05) is 23.5 Å². The third kappa shape index (κ3) is 2.94. The third-order valence-corrected chi connectivity index (χ3v) is 5.81. The van der Waals surface area contributed by atoms with Gasteiger partial charge in [-0.15, -0.1) is 0 Å². The molecule has 3 atom stereocenters. The Morgan fingerprint density at radius 2 is 2.17 bits per heavy atom. The quantitative estimate of drug-likeness (QED) is 0.839. The molecule has 2 aromatic rings. The lowest BCUT2D eigenvalue weighted by Gasteiger charge is -2.18. The van der Waals surface area contributed by atoms with Crippen molar-refractivity contribution >= 4 is 38.5 Å². The number of thiazole rings is 1. The smallest absolute Gasteiger partial charge is 0.251 e. The van der Waals surface area contributed by atoms with E-state index in [1.54, 1.807) is 6.07 Å². The van der Waals surface area contributed by atoms with Crippen LogP contribution < -0.4 is 10.6 Å². The van der Waals surface area contributed by atoms with Crippen molar-refractivity contribution in [3.8, 4) is 0 Å². The molecule has 2 amide bonds. The van der Waals surface area contributed by atoms with Gasteiger partial charge < -0.3 is 10.6 Å². The van der Waals surface area contributed by atoms with Gasteiger partial charge in [0.2, 0.25) is 5.91 Å². The lowest BCUT2D eigenvalue weighted by molar-refractivity contribution is -0.114. The van der Waals surface area contributed by atoms with Crippen molar-refractivity contribution in [2.75, 3.05) is 11.9 Å². The minimum Gasteiger partial charge on any atom is -0.352 e. The zero-order valence-corrected chi connectivity index (χ0v) is 14.2. The Labute approximate surface area is 144 Å². The summed E-state index contributed by atoms with van der Waals surface area (Å²) in [6.07, 6.45) is 7.06. The van der Waals surface area contributed by atoms with Gasteiger partial charge in [0.25, 0.3) is 5.91 Å². The van der Waals surface area contributed by atoms with Crippen molar-refractivity contribution in [1.82, 2.24) is 10.3 Å². The van der Waals surface area contributed by atoms with Gasteiger partial charge in [0.1, 0.15) is 0 Å². The van der Waals surface area contributed by atoms with Crippen molar-refractivity contribution < 1.29 is 9.59 Å². The highest BCUT2D eigenvalue weighted by Gasteiger charge is 2.35.